The molecule has 0 atom stereocenters. The maximum atomic E-state index is 12.0. The largest absolute Gasteiger partial charge is 0.493 e. The quantitative estimate of drug-likeness (QED) is 0.191. The number of anilines is 1. The monoisotopic (exact) mass is 451 g/mol. The van der Waals surface area contributed by atoms with E-state index in [2.05, 4.69) is 27.4 Å². The third-order valence-electron chi connectivity index (χ3n) is 4.66. The van der Waals surface area contributed by atoms with Gasteiger partial charge in [-0.15, -0.1) is 0 Å². The fraction of sp³-hybridized carbons (Fsp3) is 0.261. The van der Waals surface area contributed by atoms with E-state index >= 15 is 0 Å². The fourth-order valence-corrected chi connectivity index (χ4v) is 3.08. The van der Waals surface area contributed by atoms with Crippen LogP contribution in [0, 0.1) is 10.1 Å². The Hall–Kier alpha value is -4.21. The van der Waals surface area contributed by atoms with Crippen LogP contribution in [0.2, 0.25) is 0 Å². The number of aromatic amines is 1. The van der Waals surface area contributed by atoms with Crippen LogP contribution in [0.5, 0.6) is 11.5 Å². The maximum Gasteiger partial charge on any atom is 0.315 e. The molecule has 172 valence electrons. The Kier molecular flexibility index (Phi) is 8.12. The van der Waals surface area contributed by atoms with Gasteiger partial charge in [-0.05, 0) is 12.5 Å². The molecule has 10 nitrogen and oxygen atoms in total. The third kappa shape index (κ3) is 6.39. The summed E-state index contributed by atoms with van der Waals surface area (Å²) in [6.07, 6.45) is 4.14. The number of methoxy groups -OCH3 is 1. The molecule has 1 aromatic heterocycles. The molecule has 0 fully saturated rings. The van der Waals surface area contributed by atoms with Crippen LogP contribution in [0.1, 0.15) is 31.7 Å². The van der Waals surface area contributed by atoms with E-state index in [1.54, 1.807) is 6.07 Å². The molecule has 0 unspecified atom stereocenters. The predicted molar refractivity (Wildman–Crippen MR) is 126 cm³/mol. The number of nitrogens with one attached hydrogen (secondary N) is 2. The number of hydrazone groups is 1. The first kappa shape index (κ1) is 23.5. The van der Waals surface area contributed by atoms with Gasteiger partial charge < -0.3 is 9.47 Å². The first-order chi connectivity index (χ1) is 16.0. The molecule has 0 bridgehead atoms. The lowest BCUT2D eigenvalue weighted by atomic mass is 10.1. The average Bonchev–Trinajstić information content (AvgIpc) is 2.82. The van der Waals surface area contributed by atoms with Crippen LogP contribution in [-0.2, 0) is 0 Å². The van der Waals surface area contributed by atoms with Crippen LogP contribution < -0.4 is 20.5 Å². The van der Waals surface area contributed by atoms with Gasteiger partial charge in [0.25, 0.3) is 5.56 Å². The zero-order valence-electron chi connectivity index (χ0n) is 18.4. The van der Waals surface area contributed by atoms with Crippen molar-refractivity contribution >= 4 is 17.9 Å². The predicted octanol–water partition coefficient (Wildman–Crippen LogP) is 4.37. The summed E-state index contributed by atoms with van der Waals surface area (Å²) in [6.45, 7) is 2.42. The number of ether oxygens (including phenoxy) is 2. The van der Waals surface area contributed by atoms with Crippen molar-refractivity contribution in [3.8, 4) is 22.8 Å². The smallest absolute Gasteiger partial charge is 0.315 e. The van der Waals surface area contributed by atoms with E-state index in [0.717, 1.165) is 24.8 Å². The van der Waals surface area contributed by atoms with E-state index < -0.39 is 4.92 Å². The zero-order chi connectivity index (χ0) is 23.6. The molecule has 3 rings (SSSR count). The van der Waals surface area contributed by atoms with E-state index in [0.29, 0.717) is 17.9 Å². The van der Waals surface area contributed by atoms with E-state index in [-0.39, 0.29) is 28.7 Å². The molecule has 2 aromatic carbocycles. The first-order valence-corrected chi connectivity index (χ1v) is 10.5. The molecule has 0 spiro atoms. The van der Waals surface area contributed by atoms with Crippen LogP contribution in [0.15, 0.2) is 58.4 Å². The SMILES string of the molecule is CCCCCOc1c(OC)cc(/C=N\Nc2nc(-c3ccccc3)cc(=O)[nH]2)cc1[N+](=O)[O-]. The molecule has 0 radical (unpaired) electrons. The zero-order valence-corrected chi connectivity index (χ0v) is 18.4. The topological polar surface area (TPSA) is 132 Å². The summed E-state index contributed by atoms with van der Waals surface area (Å²) in [5.41, 5.74) is 3.77. The van der Waals surface area contributed by atoms with E-state index in [1.807, 2.05) is 30.3 Å². The molecule has 1 heterocycles. The number of unbranched alkanes of at least 4 members (excludes halogenated alkanes) is 2. The third-order valence-corrected chi connectivity index (χ3v) is 4.66. The molecule has 0 aliphatic heterocycles. The summed E-state index contributed by atoms with van der Waals surface area (Å²) in [6, 6.07) is 13.6. The Labute approximate surface area is 190 Å². The van der Waals surface area contributed by atoms with Crippen molar-refractivity contribution < 1.29 is 14.4 Å². The lowest BCUT2D eigenvalue weighted by Crippen LogP contribution is -2.10. The normalized spacial score (nSPS) is 10.8. The maximum absolute atomic E-state index is 12.0. The number of nitro groups is 1. The lowest BCUT2D eigenvalue weighted by Gasteiger charge is -2.11. The minimum absolute atomic E-state index is 0.0882. The average molecular weight is 451 g/mol. The Morgan fingerprint density at radius 3 is 2.70 bits per heavy atom. The molecule has 0 saturated carbocycles. The Balaban J connectivity index is 1.81. The molecule has 10 heteroatoms. The van der Waals surface area contributed by atoms with Gasteiger partial charge in [0.05, 0.1) is 30.5 Å². The molecule has 2 N–H and O–H groups in total. The number of benzene rings is 2. The fourth-order valence-electron chi connectivity index (χ4n) is 3.08. The molecule has 0 aliphatic carbocycles. The molecule has 0 amide bonds. The van der Waals surface area contributed by atoms with E-state index in [9.17, 15) is 14.9 Å². The second kappa shape index (κ2) is 11.4. The van der Waals surface area contributed by atoms with Gasteiger partial charge in [-0.25, -0.2) is 10.4 Å². The van der Waals surface area contributed by atoms with Crippen LogP contribution in [-0.4, -0.2) is 34.8 Å². The van der Waals surface area contributed by atoms with Crippen molar-refractivity contribution in [3.63, 3.8) is 0 Å². The number of nitro benzene ring substituents is 1. The summed E-state index contributed by atoms with van der Waals surface area (Å²) in [4.78, 5) is 30.0. The van der Waals surface area contributed by atoms with Crippen molar-refractivity contribution in [1.82, 2.24) is 9.97 Å². The Morgan fingerprint density at radius 1 is 1.21 bits per heavy atom. The van der Waals surface area contributed by atoms with Crippen LogP contribution in [0.4, 0.5) is 11.6 Å². The molecular weight excluding hydrogens is 426 g/mol. The number of rotatable bonds is 11. The number of nitrogens with zero attached hydrogens (tertiary/aromatic N) is 3. The molecular formula is C23H25N5O5. The van der Waals surface area contributed by atoms with Crippen molar-refractivity contribution in [3.05, 3.63) is 74.6 Å². The highest BCUT2D eigenvalue weighted by molar-refractivity contribution is 5.83. The van der Waals surface area contributed by atoms with Gasteiger partial charge in [0, 0.05) is 23.3 Å². The van der Waals surface area contributed by atoms with Gasteiger partial charge in [0.2, 0.25) is 11.7 Å². The summed E-state index contributed by atoms with van der Waals surface area (Å²) >= 11 is 0. The van der Waals surface area contributed by atoms with Gasteiger partial charge in [-0.3, -0.25) is 19.9 Å². The van der Waals surface area contributed by atoms with Gasteiger partial charge >= 0.3 is 5.69 Å². The molecule has 3 aromatic rings. The van der Waals surface area contributed by atoms with Crippen LogP contribution in [0.3, 0.4) is 0 Å². The minimum atomic E-state index is -0.523. The number of hydrogen-bond donors (Lipinski definition) is 2. The van der Waals surface area contributed by atoms with E-state index in [4.69, 9.17) is 9.47 Å². The van der Waals surface area contributed by atoms with Gasteiger partial charge in [-0.1, -0.05) is 50.1 Å². The molecule has 0 saturated heterocycles. The second-order valence-corrected chi connectivity index (χ2v) is 7.10. The van der Waals surface area contributed by atoms with Gasteiger partial charge in [-0.2, -0.15) is 5.10 Å². The highest BCUT2D eigenvalue weighted by atomic mass is 16.6. The standard InChI is InChI=1S/C23H25N5O5/c1-3-4-8-11-33-22-19(28(30)31)12-16(13-20(22)32-2)15-24-27-23-25-18(14-21(29)26-23)17-9-6-5-7-10-17/h5-7,9-10,12-15H,3-4,8,11H2,1-2H3,(H2,25,26,27,29)/b24-15-. The number of H-pyrrole nitrogens is 1. The minimum Gasteiger partial charge on any atom is -0.493 e. The summed E-state index contributed by atoms with van der Waals surface area (Å²) < 4.78 is 11.0. The Bertz CT molecular complexity index is 1180. The van der Waals surface area contributed by atoms with Crippen LogP contribution >= 0.6 is 0 Å². The number of hydrogen-bond acceptors (Lipinski definition) is 8. The van der Waals surface area contributed by atoms with Gasteiger partial charge in [0.15, 0.2) is 5.75 Å². The van der Waals surface area contributed by atoms with Crippen molar-refractivity contribution in [2.45, 2.75) is 26.2 Å². The van der Waals surface area contributed by atoms with Gasteiger partial charge in [0.1, 0.15) is 0 Å². The van der Waals surface area contributed by atoms with Crippen LogP contribution in [0.25, 0.3) is 11.3 Å². The van der Waals surface area contributed by atoms with Crippen molar-refractivity contribution in [2.75, 3.05) is 19.1 Å². The van der Waals surface area contributed by atoms with Crippen molar-refractivity contribution in [1.29, 1.82) is 0 Å². The summed E-state index contributed by atoms with van der Waals surface area (Å²) in [5.74, 6) is 0.458. The lowest BCUT2D eigenvalue weighted by molar-refractivity contribution is -0.386. The van der Waals surface area contributed by atoms with E-state index in [1.165, 1.54) is 25.5 Å². The van der Waals surface area contributed by atoms with Crippen molar-refractivity contribution in [2.24, 2.45) is 5.10 Å². The molecule has 33 heavy (non-hydrogen) atoms. The Morgan fingerprint density at radius 2 is 2.00 bits per heavy atom. The number of aromatic nitrogens is 2. The molecule has 0 aliphatic rings. The highest BCUT2D eigenvalue weighted by Gasteiger charge is 2.22. The second-order valence-electron chi connectivity index (χ2n) is 7.10. The first-order valence-electron chi connectivity index (χ1n) is 10.5. The summed E-state index contributed by atoms with van der Waals surface area (Å²) in [7, 11) is 1.42. The summed E-state index contributed by atoms with van der Waals surface area (Å²) in [5, 5.41) is 15.6. The highest BCUT2D eigenvalue weighted by Crippen LogP contribution is 2.38.